The molecule has 0 bridgehead atoms. The van der Waals surface area contributed by atoms with E-state index >= 15 is 0 Å². The number of imidazole rings is 1. The molecule has 124 valence electrons. The van der Waals surface area contributed by atoms with Crippen LogP contribution in [0.25, 0.3) is 16.9 Å². The number of rotatable bonds is 6. The van der Waals surface area contributed by atoms with Gasteiger partial charge in [0.1, 0.15) is 11.4 Å². The first-order chi connectivity index (χ1) is 11.8. The topological polar surface area (TPSA) is 29.8 Å². The number of fused-ring (bicyclic) bond motifs is 1. The van der Waals surface area contributed by atoms with E-state index < -0.39 is 0 Å². The van der Waals surface area contributed by atoms with Crippen LogP contribution in [0.5, 0.6) is 5.75 Å². The van der Waals surface area contributed by atoms with Crippen LogP contribution in [-0.2, 0) is 0 Å². The maximum atomic E-state index is 12.1. The van der Waals surface area contributed by atoms with E-state index in [-0.39, 0.29) is 6.67 Å². The number of halogens is 1. The number of aromatic nitrogens is 2. The van der Waals surface area contributed by atoms with Crippen LogP contribution in [0.2, 0.25) is 0 Å². The van der Waals surface area contributed by atoms with Crippen LogP contribution in [0.15, 0.2) is 48.8 Å². The molecule has 5 heteroatoms. The number of ether oxygens (including phenoxy) is 1. The van der Waals surface area contributed by atoms with Crippen molar-refractivity contribution in [3.05, 3.63) is 48.8 Å². The molecular weight excluding hydrogens is 305 g/mol. The second-order valence-electron chi connectivity index (χ2n) is 6.03. The van der Waals surface area contributed by atoms with E-state index in [1.165, 1.54) is 12.1 Å². The lowest BCUT2D eigenvalue weighted by Crippen LogP contribution is -2.36. The molecule has 2 aromatic heterocycles. The largest absolute Gasteiger partial charge is 0.493 e. The van der Waals surface area contributed by atoms with E-state index in [0.29, 0.717) is 13.0 Å². The second kappa shape index (κ2) is 6.51. The van der Waals surface area contributed by atoms with Crippen molar-refractivity contribution in [2.45, 2.75) is 12.8 Å². The van der Waals surface area contributed by atoms with Crippen LogP contribution in [0.3, 0.4) is 0 Å². The molecule has 0 aliphatic carbocycles. The Morgan fingerprint density at radius 3 is 2.67 bits per heavy atom. The number of benzene rings is 1. The Morgan fingerprint density at radius 1 is 1.12 bits per heavy atom. The van der Waals surface area contributed by atoms with Gasteiger partial charge in [-0.3, -0.25) is 4.39 Å². The van der Waals surface area contributed by atoms with E-state index in [2.05, 4.69) is 23.2 Å². The molecule has 3 heterocycles. The molecule has 1 saturated heterocycles. The van der Waals surface area contributed by atoms with Gasteiger partial charge in [-0.15, -0.1) is 0 Å². The van der Waals surface area contributed by atoms with Gasteiger partial charge < -0.3 is 14.0 Å². The van der Waals surface area contributed by atoms with E-state index in [0.717, 1.165) is 35.7 Å². The Hall–Kier alpha value is -2.56. The van der Waals surface area contributed by atoms with Gasteiger partial charge in [-0.25, -0.2) is 4.98 Å². The van der Waals surface area contributed by atoms with Gasteiger partial charge >= 0.3 is 0 Å². The molecule has 24 heavy (non-hydrogen) atoms. The van der Waals surface area contributed by atoms with Crippen LogP contribution in [0.4, 0.5) is 10.1 Å². The summed E-state index contributed by atoms with van der Waals surface area (Å²) in [4.78, 5) is 7.09. The van der Waals surface area contributed by atoms with Crippen molar-refractivity contribution in [3.8, 4) is 17.0 Å². The van der Waals surface area contributed by atoms with Crippen LogP contribution in [0.1, 0.15) is 12.8 Å². The summed E-state index contributed by atoms with van der Waals surface area (Å²) in [5.74, 6) is 0.760. The molecule has 0 radical (unpaired) electrons. The molecule has 3 aromatic rings. The van der Waals surface area contributed by atoms with Crippen molar-refractivity contribution in [2.24, 2.45) is 0 Å². The SMILES string of the molecule is FCCCOc1ccc(-c2cn3ccc(N4CCC4)cc3n2)cc1. The van der Waals surface area contributed by atoms with Gasteiger partial charge in [-0.1, -0.05) is 0 Å². The zero-order valence-corrected chi connectivity index (χ0v) is 13.5. The highest BCUT2D eigenvalue weighted by atomic mass is 19.1. The molecule has 0 saturated carbocycles. The first kappa shape index (κ1) is 15.0. The fraction of sp³-hybridized carbons (Fsp3) is 0.316. The third-order valence-electron chi connectivity index (χ3n) is 4.36. The zero-order valence-electron chi connectivity index (χ0n) is 13.5. The van der Waals surface area contributed by atoms with Gasteiger partial charge in [0.15, 0.2) is 0 Å². The highest BCUT2D eigenvalue weighted by molar-refractivity contribution is 5.66. The highest BCUT2D eigenvalue weighted by Gasteiger charge is 2.15. The van der Waals surface area contributed by atoms with Crippen LogP contribution < -0.4 is 9.64 Å². The summed E-state index contributed by atoms with van der Waals surface area (Å²) >= 11 is 0. The van der Waals surface area contributed by atoms with Crippen molar-refractivity contribution in [3.63, 3.8) is 0 Å². The van der Waals surface area contributed by atoms with Crippen LogP contribution in [0, 0.1) is 0 Å². The molecule has 0 unspecified atom stereocenters. The minimum atomic E-state index is -0.348. The predicted molar refractivity (Wildman–Crippen MR) is 93.5 cm³/mol. The summed E-state index contributed by atoms with van der Waals surface area (Å²) in [5, 5.41) is 0. The molecule has 1 aromatic carbocycles. The van der Waals surface area contributed by atoms with E-state index in [4.69, 9.17) is 9.72 Å². The van der Waals surface area contributed by atoms with Crippen LogP contribution in [-0.4, -0.2) is 35.8 Å². The van der Waals surface area contributed by atoms with E-state index in [9.17, 15) is 4.39 Å². The number of anilines is 1. The molecule has 1 aliphatic heterocycles. The van der Waals surface area contributed by atoms with Gasteiger partial charge in [0.25, 0.3) is 0 Å². The van der Waals surface area contributed by atoms with Crippen LogP contribution >= 0.6 is 0 Å². The minimum Gasteiger partial charge on any atom is -0.493 e. The Balaban J connectivity index is 1.54. The Kier molecular flexibility index (Phi) is 4.07. The lowest BCUT2D eigenvalue weighted by atomic mass is 10.2. The van der Waals surface area contributed by atoms with Crippen molar-refractivity contribution in [1.29, 1.82) is 0 Å². The normalized spacial score (nSPS) is 14.0. The summed E-state index contributed by atoms with van der Waals surface area (Å²) < 4.78 is 19.6. The second-order valence-corrected chi connectivity index (χ2v) is 6.03. The minimum absolute atomic E-state index is 0.348. The predicted octanol–water partition coefficient (Wildman–Crippen LogP) is 3.95. The van der Waals surface area contributed by atoms with Crippen molar-refractivity contribution in [2.75, 3.05) is 31.3 Å². The first-order valence-electron chi connectivity index (χ1n) is 8.36. The fourth-order valence-corrected chi connectivity index (χ4v) is 2.85. The van der Waals surface area contributed by atoms with Gasteiger partial charge in [-0.2, -0.15) is 0 Å². The van der Waals surface area contributed by atoms with Crippen molar-refractivity contribution >= 4 is 11.3 Å². The summed E-state index contributed by atoms with van der Waals surface area (Å²) in [6.07, 6.45) is 5.79. The van der Waals surface area contributed by atoms with E-state index in [1.54, 1.807) is 0 Å². The third-order valence-corrected chi connectivity index (χ3v) is 4.36. The molecule has 0 amide bonds. The monoisotopic (exact) mass is 325 g/mol. The molecule has 0 atom stereocenters. The Bertz CT molecular complexity index is 824. The molecule has 4 rings (SSSR count). The Morgan fingerprint density at radius 2 is 1.96 bits per heavy atom. The van der Waals surface area contributed by atoms with Gasteiger partial charge in [0.05, 0.1) is 19.0 Å². The average molecular weight is 325 g/mol. The lowest BCUT2D eigenvalue weighted by Gasteiger charge is -2.33. The molecule has 0 N–H and O–H groups in total. The van der Waals surface area contributed by atoms with Crippen molar-refractivity contribution < 1.29 is 9.13 Å². The third kappa shape index (κ3) is 2.94. The maximum Gasteiger partial charge on any atom is 0.139 e. The molecule has 1 aliphatic rings. The maximum absolute atomic E-state index is 12.1. The van der Waals surface area contributed by atoms with E-state index in [1.807, 2.05) is 34.9 Å². The summed E-state index contributed by atoms with van der Waals surface area (Å²) in [6.45, 7) is 2.32. The van der Waals surface area contributed by atoms with Gasteiger partial charge in [0, 0.05) is 49.2 Å². The molecular formula is C19H20FN3O. The summed E-state index contributed by atoms with van der Waals surface area (Å²) in [5.41, 5.74) is 4.17. The zero-order chi connectivity index (χ0) is 16.4. The number of nitrogens with zero attached hydrogens (tertiary/aromatic N) is 3. The van der Waals surface area contributed by atoms with Crippen molar-refractivity contribution in [1.82, 2.24) is 9.38 Å². The highest BCUT2D eigenvalue weighted by Crippen LogP contribution is 2.25. The number of pyridine rings is 1. The molecule has 4 nitrogen and oxygen atoms in total. The number of alkyl halides is 1. The lowest BCUT2D eigenvalue weighted by molar-refractivity contribution is 0.289. The number of hydrogen-bond acceptors (Lipinski definition) is 3. The first-order valence-corrected chi connectivity index (χ1v) is 8.36. The quantitative estimate of drug-likeness (QED) is 0.643. The summed E-state index contributed by atoms with van der Waals surface area (Å²) in [6, 6.07) is 12.1. The smallest absolute Gasteiger partial charge is 0.139 e. The summed E-state index contributed by atoms with van der Waals surface area (Å²) in [7, 11) is 0. The van der Waals surface area contributed by atoms with Gasteiger partial charge in [0.2, 0.25) is 0 Å². The number of hydrogen-bond donors (Lipinski definition) is 0. The molecule has 0 spiro atoms. The Labute approximate surface area is 140 Å². The fourth-order valence-electron chi connectivity index (χ4n) is 2.85. The average Bonchev–Trinajstić information content (AvgIpc) is 2.97. The van der Waals surface area contributed by atoms with Gasteiger partial charge in [-0.05, 0) is 36.8 Å². The standard InChI is InChI=1S/C19H20FN3O/c20-8-1-12-24-17-5-3-15(4-6-17)18-14-23-11-7-16(13-19(23)21-18)22-9-2-10-22/h3-7,11,13-14H,1-2,8-10,12H2. The molecule has 1 fully saturated rings.